The second-order valence-electron chi connectivity index (χ2n) is 3.54. The molecule has 0 atom stereocenters. The monoisotopic (exact) mass is 262 g/mol. The largest absolute Gasteiger partial charge is 0.383 e. The molecule has 1 aromatic heterocycles. The summed E-state index contributed by atoms with van der Waals surface area (Å²) in [5, 5.41) is 3.85. The number of nitrogens with zero attached hydrogens (tertiary/aromatic N) is 3. The van der Waals surface area contributed by atoms with Crippen molar-refractivity contribution < 1.29 is 13.2 Å². The molecule has 0 amide bonds. The van der Waals surface area contributed by atoms with Crippen molar-refractivity contribution in [2.45, 2.75) is 4.90 Å². The van der Waals surface area contributed by atoms with Crippen LogP contribution in [-0.2, 0) is 21.8 Å². The molecule has 0 aromatic carbocycles. The van der Waals surface area contributed by atoms with E-state index in [4.69, 9.17) is 10.5 Å². The summed E-state index contributed by atoms with van der Waals surface area (Å²) in [6.45, 7) is 1.15. The molecular weight excluding hydrogens is 244 g/mol. The Bertz CT molecular complexity index is 443. The lowest BCUT2D eigenvalue weighted by Gasteiger charge is -2.19. The molecule has 0 aliphatic rings. The molecule has 8 heteroatoms. The molecule has 0 aliphatic heterocycles. The van der Waals surface area contributed by atoms with Crippen LogP contribution in [0, 0.1) is 0 Å². The summed E-state index contributed by atoms with van der Waals surface area (Å²) in [7, 11) is -0.331. The maximum Gasteiger partial charge on any atom is 0.246 e. The van der Waals surface area contributed by atoms with Gasteiger partial charge in [0, 0.05) is 40.0 Å². The van der Waals surface area contributed by atoms with Crippen molar-refractivity contribution in [3.8, 4) is 0 Å². The van der Waals surface area contributed by atoms with Crippen LogP contribution in [-0.4, -0.2) is 55.9 Å². The lowest BCUT2D eigenvalue weighted by atomic mass is 10.6. The zero-order valence-electron chi connectivity index (χ0n) is 10.0. The second kappa shape index (κ2) is 6.10. The Morgan fingerprint density at radius 2 is 2.24 bits per heavy atom. The van der Waals surface area contributed by atoms with Crippen LogP contribution in [0.4, 0.5) is 0 Å². The number of aryl methyl sites for hydroxylation is 1. The molecule has 0 aliphatic carbocycles. The normalized spacial score (nSPS) is 12.2. The van der Waals surface area contributed by atoms with Gasteiger partial charge in [-0.05, 0) is 0 Å². The smallest absolute Gasteiger partial charge is 0.246 e. The SMILES string of the molecule is COCCN(CCN)S(=O)(=O)c1cnn(C)c1. The van der Waals surface area contributed by atoms with Crippen LogP contribution in [0.3, 0.4) is 0 Å². The molecule has 0 spiro atoms. The second-order valence-corrected chi connectivity index (χ2v) is 5.47. The fraction of sp³-hybridized carbons (Fsp3) is 0.667. The van der Waals surface area contributed by atoms with Crippen LogP contribution in [0.25, 0.3) is 0 Å². The van der Waals surface area contributed by atoms with Gasteiger partial charge in [-0.3, -0.25) is 4.68 Å². The minimum atomic E-state index is -3.52. The van der Waals surface area contributed by atoms with Gasteiger partial charge in [0.2, 0.25) is 10.0 Å². The first kappa shape index (κ1) is 14.1. The van der Waals surface area contributed by atoms with Crippen LogP contribution < -0.4 is 5.73 Å². The predicted molar refractivity (Wildman–Crippen MR) is 62.9 cm³/mol. The highest BCUT2D eigenvalue weighted by atomic mass is 32.2. The fourth-order valence-electron chi connectivity index (χ4n) is 1.37. The molecule has 1 rings (SSSR count). The van der Waals surface area contributed by atoms with E-state index in [0.717, 1.165) is 0 Å². The highest BCUT2D eigenvalue weighted by Gasteiger charge is 2.24. The molecule has 98 valence electrons. The number of hydrogen-bond acceptors (Lipinski definition) is 5. The van der Waals surface area contributed by atoms with Crippen molar-refractivity contribution in [1.29, 1.82) is 0 Å². The zero-order valence-corrected chi connectivity index (χ0v) is 10.9. The van der Waals surface area contributed by atoms with E-state index >= 15 is 0 Å². The Balaban J connectivity index is 2.91. The number of ether oxygens (including phenoxy) is 1. The molecule has 0 unspecified atom stereocenters. The van der Waals surface area contributed by atoms with Gasteiger partial charge in [0.05, 0.1) is 12.8 Å². The van der Waals surface area contributed by atoms with Gasteiger partial charge in [-0.15, -0.1) is 0 Å². The summed E-state index contributed by atoms with van der Waals surface area (Å²) in [5.41, 5.74) is 5.41. The number of nitrogens with two attached hydrogens (primary N) is 1. The van der Waals surface area contributed by atoms with Crippen LogP contribution in [0.5, 0.6) is 0 Å². The molecule has 7 nitrogen and oxygen atoms in total. The van der Waals surface area contributed by atoms with Gasteiger partial charge in [-0.2, -0.15) is 9.40 Å². The minimum absolute atomic E-state index is 0.171. The van der Waals surface area contributed by atoms with E-state index in [9.17, 15) is 8.42 Å². The zero-order chi connectivity index (χ0) is 12.9. The Hall–Kier alpha value is -0.960. The van der Waals surface area contributed by atoms with Crippen LogP contribution in [0.1, 0.15) is 0 Å². The van der Waals surface area contributed by atoms with Crippen molar-refractivity contribution in [2.24, 2.45) is 12.8 Å². The molecule has 2 N–H and O–H groups in total. The first-order valence-electron chi connectivity index (χ1n) is 5.20. The Morgan fingerprint density at radius 3 is 2.71 bits per heavy atom. The molecule has 0 saturated heterocycles. The Morgan fingerprint density at radius 1 is 1.53 bits per heavy atom. The highest BCUT2D eigenvalue weighted by Crippen LogP contribution is 2.13. The summed E-state index contributed by atoms with van der Waals surface area (Å²) >= 11 is 0. The molecule has 1 heterocycles. The fourth-order valence-corrected chi connectivity index (χ4v) is 2.80. The average molecular weight is 262 g/mol. The average Bonchev–Trinajstić information content (AvgIpc) is 2.71. The van der Waals surface area contributed by atoms with Gasteiger partial charge in [-0.1, -0.05) is 0 Å². The first-order valence-corrected chi connectivity index (χ1v) is 6.64. The van der Waals surface area contributed by atoms with Crippen molar-refractivity contribution in [1.82, 2.24) is 14.1 Å². The predicted octanol–water partition coefficient (Wildman–Crippen LogP) is -0.984. The van der Waals surface area contributed by atoms with E-state index in [2.05, 4.69) is 5.10 Å². The van der Waals surface area contributed by atoms with Crippen LogP contribution >= 0.6 is 0 Å². The van der Waals surface area contributed by atoms with Gasteiger partial charge in [0.15, 0.2) is 0 Å². The minimum Gasteiger partial charge on any atom is -0.383 e. The van der Waals surface area contributed by atoms with Crippen LogP contribution in [0.15, 0.2) is 17.3 Å². The van der Waals surface area contributed by atoms with Crippen LogP contribution in [0.2, 0.25) is 0 Å². The number of rotatable bonds is 7. The van der Waals surface area contributed by atoms with Crippen molar-refractivity contribution in [3.63, 3.8) is 0 Å². The lowest BCUT2D eigenvalue weighted by Crippen LogP contribution is -2.37. The van der Waals surface area contributed by atoms with Gasteiger partial charge in [0.25, 0.3) is 0 Å². The maximum atomic E-state index is 12.2. The summed E-state index contributed by atoms with van der Waals surface area (Å²) < 4.78 is 32.0. The molecule has 0 bridgehead atoms. The Kier molecular flexibility index (Phi) is 5.06. The third kappa shape index (κ3) is 3.50. The molecule has 17 heavy (non-hydrogen) atoms. The topological polar surface area (TPSA) is 90.4 Å². The van der Waals surface area contributed by atoms with Crippen molar-refractivity contribution in [2.75, 3.05) is 33.4 Å². The third-order valence-electron chi connectivity index (χ3n) is 2.24. The molecular formula is C9H18N4O3S. The van der Waals surface area contributed by atoms with Crippen molar-refractivity contribution in [3.05, 3.63) is 12.4 Å². The van der Waals surface area contributed by atoms with E-state index in [0.29, 0.717) is 6.61 Å². The van der Waals surface area contributed by atoms with Gasteiger partial charge in [0.1, 0.15) is 4.90 Å². The van der Waals surface area contributed by atoms with Gasteiger partial charge < -0.3 is 10.5 Å². The van der Waals surface area contributed by atoms with E-state index in [1.165, 1.54) is 28.5 Å². The number of sulfonamides is 1. The summed E-state index contributed by atoms with van der Waals surface area (Å²) in [6, 6.07) is 0. The third-order valence-corrected chi connectivity index (χ3v) is 4.09. The summed E-state index contributed by atoms with van der Waals surface area (Å²) in [6.07, 6.45) is 2.79. The van der Waals surface area contributed by atoms with Crippen molar-refractivity contribution >= 4 is 10.0 Å². The number of methoxy groups -OCH3 is 1. The first-order chi connectivity index (χ1) is 8.02. The van der Waals surface area contributed by atoms with E-state index in [1.807, 2.05) is 0 Å². The van der Waals surface area contributed by atoms with E-state index in [-0.39, 0.29) is 24.5 Å². The highest BCUT2D eigenvalue weighted by molar-refractivity contribution is 7.89. The number of hydrogen-bond donors (Lipinski definition) is 1. The summed E-state index contributed by atoms with van der Waals surface area (Å²) in [5.74, 6) is 0. The van der Waals surface area contributed by atoms with E-state index < -0.39 is 10.0 Å². The van der Waals surface area contributed by atoms with E-state index in [1.54, 1.807) is 7.05 Å². The quantitative estimate of drug-likeness (QED) is 0.682. The summed E-state index contributed by atoms with van der Waals surface area (Å²) in [4.78, 5) is 0.171. The maximum absolute atomic E-state index is 12.2. The molecule has 1 aromatic rings. The molecule has 0 radical (unpaired) electrons. The standard InChI is InChI=1S/C9H18N4O3S/c1-12-8-9(7-11-12)17(14,15)13(4-3-10)5-6-16-2/h7-8H,3-6,10H2,1-2H3. The molecule has 0 fully saturated rings. The van der Waals surface area contributed by atoms with Gasteiger partial charge >= 0.3 is 0 Å². The lowest BCUT2D eigenvalue weighted by molar-refractivity contribution is 0.179. The van der Waals surface area contributed by atoms with Gasteiger partial charge in [-0.25, -0.2) is 8.42 Å². The molecule has 0 saturated carbocycles. The Labute approximate surface area is 101 Å². The number of aromatic nitrogens is 2.